The summed E-state index contributed by atoms with van der Waals surface area (Å²) >= 11 is 0. The first-order valence-electron chi connectivity index (χ1n) is 4.08. The van der Waals surface area contributed by atoms with E-state index in [4.69, 9.17) is 0 Å². The van der Waals surface area contributed by atoms with Crippen LogP contribution in [0.4, 0.5) is 0 Å². The Morgan fingerprint density at radius 1 is 1.62 bits per heavy atom. The predicted molar refractivity (Wildman–Crippen MR) is 54.9 cm³/mol. The van der Waals surface area contributed by atoms with Crippen LogP contribution < -0.4 is 10.5 Å². The van der Waals surface area contributed by atoms with Gasteiger partial charge in [-0.1, -0.05) is 12.7 Å². The molecule has 0 saturated carbocycles. The lowest BCUT2D eigenvalue weighted by atomic mass is 9.96. The van der Waals surface area contributed by atoms with Crippen LogP contribution in [-0.2, 0) is 0 Å². The normalized spacial score (nSPS) is 10.2. The Morgan fingerprint density at radius 3 is 3.00 bits per heavy atom. The molecule has 0 spiro atoms. The van der Waals surface area contributed by atoms with Crippen molar-refractivity contribution in [2.75, 3.05) is 7.05 Å². The van der Waals surface area contributed by atoms with Crippen molar-refractivity contribution < 1.29 is 0 Å². The number of allylic oxidation sites excluding steroid dienone is 2. The lowest BCUT2D eigenvalue weighted by Gasteiger charge is -2.10. The molecular weight excluding hydrogens is 163 g/mol. The Kier molecular flexibility index (Phi) is 3.85. The molecule has 4 nitrogen and oxygen atoms in total. The summed E-state index contributed by atoms with van der Waals surface area (Å²) in [5.41, 5.74) is 0. The van der Waals surface area contributed by atoms with Gasteiger partial charge < -0.3 is 10.5 Å². The first-order chi connectivity index (χ1) is 6.38. The molecule has 0 aliphatic heterocycles. The number of nitrogens with zero attached hydrogens (tertiary/aromatic N) is 2. The summed E-state index contributed by atoms with van der Waals surface area (Å²) < 4.78 is 1.79. The van der Waals surface area contributed by atoms with Crippen LogP contribution in [0.15, 0.2) is 43.4 Å². The maximum Gasteiger partial charge on any atom is 0.485 e. The molecule has 0 bridgehead atoms. The van der Waals surface area contributed by atoms with Crippen molar-refractivity contribution >= 4 is 7.12 Å². The minimum atomic E-state index is -0.0220. The van der Waals surface area contributed by atoms with E-state index in [0.29, 0.717) is 0 Å². The molecule has 13 heavy (non-hydrogen) atoms. The van der Waals surface area contributed by atoms with Crippen molar-refractivity contribution in [3.8, 4) is 0 Å². The van der Waals surface area contributed by atoms with Gasteiger partial charge in [0.05, 0.1) is 0 Å². The molecule has 1 aromatic heterocycles. The molecule has 0 saturated heterocycles. The van der Waals surface area contributed by atoms with E-state index >= 15 is 0 Å². The Labute approximate surface area is 78.5 Å². The van der Waals surface area contributed by atoms with Gasteiger partial charge in [0.1, 0.15) is 0 Å². The summed E-state index contributed by atoms with van der Waals surface area (Å²) in [6.45, 7) is 3.58. The van der Waals surface area contributed by atoms with Crippen molar-refractivity contribution in [2.45, 2.75) is 0 Å². The van der Waals surface area contributed by atoms with Crippen LogP contribution in [0.5, 0.6) is 0 Å². The Morgan fingerprint density at radius 2 is 2.46 bits per heavy atom. The summed E-state index contributed by atoms with van der Waals surface area (Å²) in [6.07, 6.45) is 8.98. The molecule has 5 heteroatoms. The molecule has 0 radical (unpaired) electrons. The highest BCUT2D eigenvalue weighted by atomic mass is 15.3. The molecule has 1 rings (SSSR count). The fourth-order valence-electron chi connectivity index (χ4n) is 0.940. The highest BCUT2D eigenvalue weighted by Gasteiger charge is 2.13. The van der Waals surface area contributed by atoms with Gasteiger partial charge in [0.2, 0.25) is 0 Å². The van der Waals surface area contributed by atoms with Gasteiger partial charge in [-0.05, 0) is 25.4 Å². The van der Waals surface area contributed by atoms with Crippen molar-refractivity contribution in [1.82, 2.24) is 20.1 Å². The summed E-state index contributed by atoms with van der Waals surface area (Å²) in [4.78, 5) is 0. The third-order valence-electron chi connectivity index (χ3n) is 1.55. The smallest absolute Gasteiger partial charge is 0.400 e. The monoisotopic (exact) mass is 176 g/mol. The minimum Gasteiger partial charge on any atom is -0.400 e. The zero-order valence-corrected chi connectivity index (χ0v) is 7.64. The fraction of sp³-hybridized carbons (Fsp3) is 0.125. The summed E-state index contributed by atoms with van der Waals surface area (Å²) in [5.74, 6) is 0. The largest absolute Gasteiger partial charge is 0.485 e. The molecule has 0 amide bonds. The quantitative estimate of drug-likeness (QED) is 0.498. The maximum absolute atomic E-state index is 4.10. The van der Waals surface area contributed by atoms with E-state index in [-0.39, 0.29) is 7.12 Å². The van der Waals surface area contributed by atoms with Gasteiger partial charge >= 0.3 is 7.12 Å². The third kappa shape index (κ3) is 2.80. The molecular formula is C8H13BN4. The molecule has 2 N–H and O–H groups in total. The van der Waals surface area contributed by atoms with Crippen molar-refractivity contribution in [2.24, 2.45) is 0 Å². The Balaban J connectivity index is 2.53. The van der Waals surface area contributed by atoms with E-state index in [1.54, 1.807) is 16.9 Å². The average molecular weight is 176 g/mol. The number of rotatable bonds is 5. The van der Waals surface area contributed by atoms with Crippen LogP contribution in [0.25, 0.3) is 0 Å². The molecule has 0 aliphatic carbocycles. The molecule has 0 fully saturated rings. The summed E-state index contributed by atoms with van der Waals surface area (Å²) in [5, 5.41) is 10.3. The van der Waals surface area contributed by atoms with Crippen molar-refractivity contribution in [1.29, 1.82) is 0 Å². The topological polar surface area (TPSA) is 41.9 Å². The predicted octanol–water partition coefficient (Wildman–Crippen LogP) is 0.225. The van der Waals surface area contributed by atoms with Crippen LogP contribution >= 0.6 is 0 Å². The first kappa shape index (κ1) is 9.60. The lowest BCUT2D eigenvalue weighted by Crippen LogP contribution is -2.49. The lowest BCUT2D eigenvalue weighted by molar-refractivity contribution is 0.882. The second-order valence-corrected chi connectivity index (χ2v) is 2.44. The highest BCUT2D eigenvalue weighted by molar-refractivity contribution is 6.51. The number of hydrogen-bond donors (Lipinski definition) is 2. The summed E-state index contributed by atoms with van der Waals surface area (Å²) in [6, 6.07) is 1.88. The Bertz CT molecular complexity index is 268. The van der Waals surface area contributed by atoms with Crippen LogP contribution in [0.1, 0.15) is 0 Å². The molecule has 1 aromatic rings. The maximum atomic E-state index is 4.10. The second-order valence-electron chi connectivity index (χ2n) is 2.44. The van der Waals surface area contributed by atoms with Crippen LogP contribution in [0.2, 0.25) is 0 Å². The minimum absolute atomic E-state index is 0.0220. The first-order valence-corrected chi connectivity index (χ1v) is 4.08. The van der Waals surface area contributed by atoms with Gasteiger partial charge in [0.15, 0.2) is 0 Å². The van der Waals surface area contributed by atoms with E-state index in [1.165, 1.54) is 0 Å². The highest BCUT2D eigenvalue weighted by Crippen LogP contribution is 1.83. The average Bonchev–Trinajstić information content (AvgIpc) is 2.65. The van der Waals surface area contributed by atoms with Gasteiger partial charge in [-0.25, -0.2) is 0 Å². The number of nitrogens with one attached hydrogen (secondary N) is 2. The molecule has 0 aromatic carbocycles. The Hall–Kier alpha value is -1.49. The molecule has 0 unspecified atom stereocenters. The van der Waals surface area contributed by atoms with Crippen LogP contribution in [-0.4, -0.2) is 23.9 Å². The van der Waals surface area contributed by atoms with Crippen LogP contribution in [0.3, 0.4) is 0 Å². The van der Waals surface area contributed by atoms with Gasteiger partial charge in [0, 0.05) is 12.4 Å². The van der Waals surface area contributed by atoms with Gasteiger partial charge in [-0.3, -0.25) is 4.59 Å². The zero-order chi connectivity index (χ0) is 9.52. The van der Waals surface area contributed by atoms with E-state index in [2.05, 4.69) is 22.1 Å². The standard InChI is InChI=1S/C8H13BN4/c1-3-4-6-11-9(10-2)13-8-5-7-12-13/h3-8,10-11H,1H2,2H3/b6-4-. The van der Waals surface area contributed by atoms with E-state index < -0.39 is 0 Å². The number of hydrogen-bond acceptors (Lipinski definition) is 3. The molecule has 1 heterocycles. The molecule has 68 valence electrons. The van der Waals surface area contributed by atoms with Gasteiger partial charge in [-0.15, -0.1) is 0 Å². The van der Waals surface area contributed by atoms with Gasteiger partial charge in [-0.2, -0.15) is 5.10 Å². The molecule has 0 atom stereocenters. The second kappa shape index (κ2) is 5.21. The van der Waals surface area contributed by atoms with E-state index in [9.17, 15) is 0 Å². The van der Waals surface area contributed by atoms with Gasteiger partial charge in [0.25, 0.3) is 0 Å². The molecule has 0 aliphatic rings. The SMILES string of the molecule is C=C/C=C\NB(NC)n1cccn1. The van der Waals surface area contributed by atoms with Crippen LogP contribution in [0, 0.1) is 0 Å². The zero-order valence-electron chi connectivity index (χ0n) is 7.64. The summed E-state index contributed by atoms with van der Waals surface area (Å²) in [7, 11) is 1.84. The van der Waals surface area contributed by atoms with E-state index in [0.717, 1.165) is 0 Å². The third-order valence-corrected chi connectivity index (χ3v) is 1.55. The van der Waals surface area contributed by atoms with E-state index in [1.807, 2.05) is 31.6 Å². The number of aromatic nitrogens is 2. The van der Waals surface area contributed by atoms with Crippen molar-refractivity contribution in [3.63, 3.8) is 0 Å². The fourth-order valence-corrected chi connectivity index (χ4v) is 0.940. The van der Waals surface area contributed by atoms with Crippen molar-refractivity contribution in [3.05, 3.63) is 43.4 Å².